The number of carbonyl (C=O) groups excluding carboxylic acids is 1. The van der Waals surface area contributed by atoms with Crippen LogP contribution < -0.4 is 0 Å². The molecule has 1 fully saturated rings. The van der Waals surface area contributed by atoms with Gasteiger partial charge in [-0.3, -0.25) is 4.79 Å². The minimum Gasteiger partial charge on any atom is -0.377 e. The van der Waals surface area contributed by atoms with Gasteiger partial charge in [-0.15, -0.1) is 0 Å². The lowest BCUT2D eigenvalue weighted by Gasteiger charge is -2.19. The molecule has 19 heavy (non-hydrogen) atoms. The van der Waals surface area contributed by atoms with E-state index in [2.05, 4.69) is 19.1 Å². The summed E-state index contributed by atoms with van der Waals surface area (Å²) in [5.41, 5.74) is 3.73. The van der Waals surface area contributed by atoms with E-state index < -0.39 is 0 Å². The van der Waals surface area contributed by atoms with Gasteiger partial charge in [0.25, 0.3) is 0 Å². The lowest BCUT2D eigenvalue weighted by molar-refractivity contribution is 0.0689. The molecule has 2 nitrogen and oxygen atoms in total. The van der Waals surface area contributed by atoms with E-state index in [0.717, 1.165) is 31.4 Å². The van der Waals surface area contributed by atoms with Crippen molar-refractivity contribution in [3.05, 3.63) is 34.9 Å². The summed E-state index contributed by atoms with van der Waals surface area (Å²) in [6.45, 7) is 2.84. The third-order valence-corrected chi connectivity index (χ3v) is 4.58. The fraction of sp³-hybridized carbons (Fsp3) is 0.588. The highest BCUT2D eigenvalue weighted by Crippen LogP contribution is 2.29. The summed E-state index contributed by atoms with van der Waals surface area (Å²) in [7, 11) is 0. The molecule has 102 valence electrons. The highest BCUT2D eigenvalue weighted by Gasteiger charge is 2.33. The third kappa shape index (κ3) is 2.46. The number of benzene rings is 1. The molecule has 2 heteroatoms. The van der Waals surface area contributed by atoms with E-state index >= 15 is 0 Å². The number of hydrogen-bond donors (Lipinski definition) is 0. The number of aryl methyl sites for hydroxylation is 2. The summed E-state index contributed by atoms with van der Waals surface area (Å²) in [6.07, 6.45) is 6.80. The van der Waals surface area contributed by atoms with E-state index in [1.807, 2.05) is 6.07 Å². The minimum atomic E-state index is 0.0756. The standard InChI is InChI=1S/C17H22O2/c1-2-16-15(9-10-19-16)17(18)14-8-7-12-5-3-4-6-13(12)11-14/h7-8,11,15-16H,2-6,9-10H2,1H3. The maximum absolute atomic E-state index is 12.6. The molecule has 1 aliphatic carbocycles. The van der Waals surface area contributed by atoms with Crippen molar-refractivity contribution >= 4 is 5.78 Å². The van der Waals surface area contributed by atoms with E-state index in [-0.39, 0.29) is 17.8 Å². The van der Waals surface area contributed by atoms with Crippen LogP contribution in [0.1, 0.15) is 54.1 Å². The van der Waals surface area contributed by atoms with Crippen LogP contribution in [0, 0.1) is 5.92 Å². The molecule has 1 heterocycles. The summed E-state index contributed by atoms with van der Waals surface area (Å²) < 4.78 is 5.65. The monoisotopic (exact) mass is 258 g/mol. The Kier molecular flexibility index (Phi) is 3.69. The van der Waals surface area contributed by atoms with Crippen molar-refractivity contribution in [1.29, 1.82) is 0 Å². The van der Waals surface area contributed by atoms with Crippen molar-refractivity contribution in [2.24, 2.45) is 5.92 Å². The van der Waals surface area contributed by atoms with Crippen LogP contribution in [0.15, 0.2) is 18.2 Å². The number of carbonyl (C=O) groups is 1. The number of hydrogen-bond acceptors (Lipinski definition) is 2. The summed E-state index contributed by atoms with van der Waals surface area (Å²) in [5.74, 6) is 0.365. The van der Waals surface area contributed by atoms with Crippen LogP contribution in [-0.2, 0) is 17.6 Å². The van der Waals surface area contributed by atoms with Crippen LogP contribution in [0.3, 0.4) is 0 Å². The Labute approximate surface area is 115 Å². The second-order valence-corrected chi connectivity index (χ2v) is 5.77. The second kappa shape index (κ2) is 5.46. The first kappa shape index (κ1) is 12.9. The molecule has 2 aliphatic rings. The molecule has 1 saturated heterocycles. The SMILES string of the molecule is CCC1OCCC1C(=O)c1ccc2c(c1)CCCC2. The Morgan fingerprint density at radius 2 is 2.05 bits per heavy atom. The van der Waals surface area contributed by atoms with E-state index in [0.29, 0.717) is 0 Å². The summed E-state index contributed by atoms with van der Waals surface area (Å²) in [5, 5.41) is 0. The van der Waals surface area contributed by atoms with Gasteiger partial charge in [0.05, 0.1) is 12.0 Å². The molecule has 2 atom stereocenters. The molecular weight excluding hydrogens is 236 g/mol. The van der Waals surface area contributed by atoms with E-state index in [1.165, 1.54) is 30.4 Å². The van der Waals surface area contributed by atoms with Crippen LogP contribution in [0.5, 0.6) is 0 Å². The highest BCUT2D eigenvalue weighted by atomic mass is 16.5. The van der Waals surface area contributed by atoms with Crippen LogP contribution in [-0.4, -0.2) is 18.5 Å². The summed E-state index contributed by atoms with van der Waals surface area (Å²) in [6, 6.07) is 6.33. The van der Waals surface area contributed by atoms with Crippen LogP contribution >= 0.6 is 0 Å². The second-order valence-electron chi connectivity index (χ2n) is 5.77. The lowest BCUT2D eigenvalue weighted by Crippen LogP contribution is -2.24. The van der Waals surface area contributed by atoms with Crippen molar-refractivity contribution < 1.29 is 9.53 Å². The Balaban J connectivity index is 1.83. The Hall–Kier alpha value is -1.15. The average molecular weight is 258 g/mol. The first-order chi connectivity index (χ1) is 9.29. The lowest BCUT2D eigenvalue weighted by atomic mass is 9.86. The van der Waals surface area contributed by atoms with Crippen LogP contribution in [0.25, 0.3) is 0 Å². The molecule has 1 aromatic rings. The largest absolute Gasteiger partial charge is 0.377 e. The predicted octanol–water partition coefficient (Wildman–Crippen LogP) is 3.56. The fourth-order valence-corrected chi connectivity index (χ4v) is 3.45. The van der Waals surface area contributed by atoms with Crippen LogP contribution in [0.4, 0.5) is 0 Å². The molecular formula is C17H22O2. The molecule has 3 rings (SSSR count). The first-order valence-corrected chi connectivity index (χ1v) is 7.57. The average Bonchev–Trinajstić information content (AvgIpc) is 2.94. The predicted molar refractivity (Wildman–Crippen MR) is 75.6 cm³/mol. The van der Waals surface area contributed by atoms with Crippen molar-refractivity contribution in [2.45, 2.75) is 51.6 Å². The van der Waals surface area contributed by atoms with E-state index in [4.69, 9.17) is 4.74 Å². The first-order valence-electron chi connectivity index (χ1n) is 7.57. The van der Waals surface area contributed by atoms with E-state index in [9.17, 15) is 4.79 Å². The van der Waals surface area contributed by atoms with Crippen molar-refractivity contribution in [3.8, 4) is 0 Å². The van der Waals surface area contributed by atoms with Crippen molar-refractivity contribution in [2.75, 3.05) is 6.61 Å². The van der Waals surface area contributed by atoms with Crippen LogP contribution in [0.2, 0.25) is 0 Å². The van der Waals surface area contributed by atoms with Gasteiger partial charge in [0.1, 0.15) is 0 Å². The van der Waals surface area contributed by atoms with Gasteiger partial charge in [-0.25, -0.2) is 0 Å². The Bertz CT molecular complexity index is 478. The highest BCUT2D eigenvalue weighted by molar-refractivity contribution is 5.98. The zero-order valence-corrected chi connectivity index (χ0v) is 11.7. The quantitative estimate of drug-likeness (QED) is 0.775. The molecule has 1 aromatic carbocycles. The molecule has 0 N–H and O–H groups in total. The molecule has 1 aliphatic heterocycles. The molecule has 0 aromatic heterocycles. The maximum atomic E-state index is 12.6. The van der Waals surface area contributed by atoms with Crippen molar-refractivity contribution in [1.82, 2.24) is 0 Å². The van der Waals surface area contributed by atoms with Gasteiger partial charge in [-0.1, -0.05) is 19.1 Å². The van der Waals surface area contributed by atoms with Gasteiger partial charge in [-0.2, -0.15) is 0 Å². The Morgan fingerprint density at radius 3 is 2.84 bits per heavy atom. The number of Topliss-reactive ketones (excluding diaryl/α,β-unsaturated/α-hetero) is 1. The molecule has 0 spiro atoms. The Morgan fingerprint density at radius 1 is 1.26 bits per heavy atom. The topological polar surface area (TPSA) is 26.3 Å². The molecule has 0 saturated carbocycles. The zero-order chi connectivity index (χ0) is 13.2. The van der Waals surface area contributed by atoms with Crippen molar-refractivity contribution in [3.63, 3.8) is 0 Å². The zero-order valence-electron chi connectivity index (χ0n) is 11.7. The third-order valence-electron chi connectivity index (χ3n) is 4.58. The molecule has 0 radical (unpaired) electrons. The molecule has 0 amide bonds. The smallest absolute Gasteiger partial charge is 0.168 e. The summed E-state index contributed by atoms with van der Waals surface area (Å²) >= 11 is 0. The molecule has 2 unspecified atom stereocenters. The summed E-state index contributed by atoms with van der Waals surface area (Å²) in [4.78, 5) is 12.6. The maximum Gasteiger partial charge on any atom is 0.168 e. The fourth-order valence-electron chi connectivity index (χ4n) is 3.45. The van der Waals surface area contributed by atoms with Gasteiger partial charge >= 0.3 is 0 Å². The normalized spacial score (nSPS) is 26.2. The van der Waals surface area contributed by atoms with Gasteiger partial charge < -0.3 is 4.74 Å². The number of fused-ring (bicyclic) bond motifs is 1. The van der Waals surface area contributed by atoms with Gasteiger partial charge in [0.2, 0.25) is 0 Å². The number of rotatable bonds is 3. The number of ketones is 1. The van der Waals surface area contributed by atoms with E-state index in [1.54, 1.807) is 0 Å². The molecule has 0 bridgehead atoms. The minimum absolute atomic E-state index is 0.0756. The van der Waals surface area contributed by atoms with Gasteiger partial charge in [0.15, 0.2) is 5.78 Å². The van der Waals surface area contributed by atoms with Gasteiger partial charge in [-0.05, 0) is 55.7 Å². The van der Waals surface area contributed by atoms with Gasteiger partial charge in [0, 0.05) is 12.2 Å². The number of ether oxygens (including phenoxy) is 1.